The van der Waals surface area contributed by atoms with Gasteiger partial charge in [-0.3, -0.25) is 0 Å². The molecular formula is C14H21F3N2O2. The predicted molar refractivity (Wildman–Crippen MR) is 74.0 cm³/mol. The molecule has 2 N–H and O–H groups in total. The molecule has 0 saturated heterocycles. The fourth-order valence-corrected chi connectivity index (χ4v) is 2.07. The van der Waals surface area contributed by atoms with Gasteiger partial charge in [-0.1, -0.05) is 12.1 Å². The second-order valence-corrected chi connectivity index (χ2v) is 5.53. The average molecular weight is 306 g/mol. The molecule has 7 heteroatoms. The van der Waals surface area contributed by atoms with Crippen LogP contribution in [0.2, 0.25) is 0 Å². The second-order valence-electron chi connectivity index (χ2n) is 5.53. The van der Waals surface area contributed by atoms with Crippen LogP contribution in [0.1, 0.15) is 12.5 Å². The van der Waals surface area contributed by atoms with Gasteiger partial charge in [-0.2, -0.15) is 0 Å². The number of nitrogens with one attached hydrogen (secondary N) is 1. The van der Waals surface area contributed by atoms with Gasteiger partial charge in [-0.15, -0.1) is 13.2 Å². The first-order chi connectivity index (χ1) is 9.57. The van der Waals surface area contributed by atoms with Crippen molar-refractivity contribution in [3.8, 4) is 5.75 Å². The fourth-order valence-electron chi connectivity index (χ4n) is 2.07. The van der Waals surface area contributed by atoms with Gasteiger partial charge in [0.1, 0.15) is 5.75 Å². The Balaban J connectivity index is 2.51. The molecule has 0 radical (unpaired) electrons. The zero-order valence-corrected chi connectivity index (χ0v) is 12.4. The third-order valence-electron chi connectivity index (χ3n) is 2.62. The smallest absolute Gasteiger partial charge is 0.406 e. The summed E-state index contributed by atoms with van der Waals surface area (Å²) in [5, 5.41) is 13.1. The Hall–Kier alpha value is -1.31. The molecule has 4 nitrogen and oxygen atoms in total. The molecule has 120 valence electrons. The van der Waals surface area contributed by atoms with Gasteiger partial charge in [-0.25, -0.2) is 0 Å². The van der Waals surface area contributed by atoms with Crippen molar-refractivity contribution < 1.29 is 23.0 Å². The third kappa shape index (κ3) is 7.89. The van der Waals surface area contributed by atoms with Crippen LogP contribution in [0.5, 0.6) is 5.75 Å². The Morgan fingerprint density at radius 1 is 1.29 bits per heavy atom. The minimum absolute atomic E-state index is 0.248. The predicted octanol–water partition coefficient (Wildman–Crippen LogP) is 1.99. The number of rotatable bonds is 7. The van der Waals surface area contributed by atoms with E-state index in [-0.39, 0.29) is 5.75 Å². The molecule has 0 spiro atoms. The van der Waals surface area contributed by atoms with Crippen molar-refractivity contribution in [3.63, 3.8) is 0 Å². The maximum absolute atomic E-state index is 12.1. The van der Waals surface area contributed by atoms with Crippen LogP contribution in [0, 0.1) is 0 Å². The van der Waals surface area contributed by atoms with Crippen LogP contribution in [0.4, 0.5) is 13.2 Å². The van der Waals surface area contributed by atoms with Crippen molar-refractivity contribution in [1.82, 2.24) is 10.2 Å². The molecule has 0 aliphatic carbocycles. The maximum Gasteiger partial charge on any atom is 0.573 e. The molecule has 0 amide bonds. The lowest BCUT2D eigenvalue weighted by Crippen LogP contribution is -2.45. The van der Waals surface area contributed by atoms with Gasteiger partial charge >= 0.3 is 6.36 Å². The number of likely N-dealkylation sites (N-methyl/N-ethyl adjacent to an activating group) is 1. The summed E-state index contributed by atoms with van der Waals surface area (Å²) >= 11 is 0. The van der Waals surface area contributed by atoms with E-state index in [1.165, 1.54) is 18.2 Å². The van der Waals surface area contributed by atoms with Gasteiger partial charge in [-0.05, 0) is 38.7 Å². The van der Waals surface area contributed by atoms with Gasteiger partial charge in [0.15, 0.2) is 0 Å². The molecule has 0 aliphatic rings. The largest absolute Gasteiger partial charge is 0.573 e. The molecule has 1 atom stereocenters. The number of hydrogen-bond acceptors (Lipinski definition) is 4. The highest BCUT2D eigenvalue weighted by atomic mass is 19.4. The molecule has 21 heavy (non-hydrogen) atoms. The van der Waals surface area contributed by atoms with E-state index in [1.54, 1.807) is 13.0 Å². The number of aliphatic hydroxyl groups is 1. The summed E-state index contributed by atoms with van der Waals surface area (Å²) in [5.74, 6) is -0.248. The van der Waals surface area contributed by atoms with E-state index >= 15 is 0 Å². The zero-order valence-electron chi connectivity index (χ0n) is 12.4. The highest BCUT2D eigenvalue weighted by molar-refractivity contribution is 5.28. The molecule has 1 unspecified atom stereocenters. The molecule has 0 aromatic heterocycles. The first kappa shape index (κ1) is 17.7. The Morgan fingerprint density at radius 3 is 2.52 bits per heavy atom. The van der Waals surface area contributed by atoms with Crippen LogP contribution in [-0.4, -0.2) is 49.2 Å². The lowest BCUT2D eigenvalue weighted by molar-refractivity contribution is -0.274. The number of hydrogen-bond donors (Lipinski definition) is 2. The normalized spacial score (nSPS) is 15.0. The minimum Gasteiger partial charge on any atom is -0.406 e. The average Bonchev–Trinajstić information content (AvgIpc) is 2.24. The van der Waals surface area contributed by atoms with Crippen molar-refractivity contribution in [2.75, 3.05) is 27.2 Å². The van der Waals surface area contributed by atoms with Crippen molar-refractivity contribution in [3.05, 3.63) is 29.8 Å². The van der Waals surface area contributed by atoms with E-state index in [2.05, 4.69) is 10.1 Å². The monoisotopic (exact) mass is 306 g/mol. The van der Waals surface area contributed by atoms with Crippen molar-refractivity contribution in [2.45, 2.75) is 25.4 Å². The molecule has 1 aromatic carbocycles. The van der Waals surface area contributed by atoms with Crippen molar-refractivity contribution in [2.24, 2.45) is 0 Å². The summed E-state index contributed by atoms with van der Waals surface area (Å²) in [4.78, 5) is 1.86. The molecule has 0 heterocycles. The first-order valence-electron chi connectivity index (χ1n) is 6.50. The topological polar surface area (TPSA) is 44.7 Å². The number of nitrogens with zero attached hydrogens (tertiary/aromatic N) is 1. The number of alkyl halides is 3. The lowest BCUT2D eigenvalue weighted by atomic mass is 10.1. The lowest BCUT2D eigenvalue weighted by Gasteiger charge is -2.27. The number of halogens is 3. The van der Waals surface area contributed by atoms with Crippen LogP contribution in [0.25, 0.3) is 0 Å². The summed E-state index contributed by atoms with van der Waals surface area (Å²) < 4.78 is 40.2. The van der Waals surface area contributed by atoms with E-state index in [4.69, 9.17) is 0 Å². The highest BCUT2D eigenvalue weighted by Gasteiger charge is 2.31. The summed E-state index contributed by atoms with van der Waals surface area (Å²) in [5.41, 5.74) is -0.263. The second kappa shape index (κ2) is 7.11. The molecule has 1 aromatic rings. The van der Waals surface area contributed by atoms with Crippen LogP contribution in [-0.2, 0) is 6.54 Å². The van der Waals surface area contributed by atoms with Crippen LogP contribution >= 0.6 is 0 Å². The Bertz CT molecular complexity index is 448. The van der Waals surface area contributed by atoms with Crippen LogP contribution in [0.3, 0.4) is 0 Å². The molecule has 0 saturated carbocycles. The summed E-state index contributed by atoms with van der Waals surface area (Å²) in [6, 6.07) is 5.76. The van der Waals surface area contributed by atoms with Crippen molar-refractivity contribution in [1.29, 1.82) is 0 Å². The van der Waals surface area contributed by atoms with Gasteiger partial charge in [0.25, 0.3) is 0 Å². The Labute approximate surface area is 122 Å². The van der Waals surface area contributed by atoms with E-state index in [9.17, 15) is 18.3 Å². The standard InChI is InChI=1S/C14H21F3N2O2/c1-13(20,10-19(2)3)9-18-8-11-5-4-6-12(7-11)21-14(15,16)17/h4-7,18,20H,8-10H2,1-3H3. The molecule has 0 aliphatic heterocycles. The quantitative estimate of drug-likeness (QED) is 0.809. The van der Waals surface area contributed by atoms with Gasteiger partial charge in [0, 0.05) is 19.6 Å². The molecular weight excluding hydrogens is 285 g/mol. The number of ether oxygens (including phenoxy) is 1. The van der Waals surface area contributed by atoms with E-state index in [0.717, 1.165) is 0 Å². The van der Waals surface area contributed by atoms with E-state index in [0.29, 0.717) is 25.2 Å². The molecule has 1 rings (SSSR count). The highest BCUT2D eigenvalue weighted by Crippen LogP contribution is 2.23. The Kier molecular flexibility index (Phi) is 6.00. The molecule has 0 bridgehead atoms. The fraction of sp³-hybridized carbons (Fsp3) is 0.571. The SMILES string of the molecule is CN(C)CC(C)(O)CNCc1cccc(OC(F)(F)F)c1. The van der Waals surface area contributed by atoms with Gasteiger partial charge in [0.05, 0.1) is 5.60 Å². The van der Waals surface area contributed by atoms with Crippen LogP contribution in [0.15, 0.2) is 24.3 Å². The zero-order chi connectivity index (χ0) is 16.1. The van der Waals surface area contributed by atoms with Gasteiger partial charge in [0.2, 0.25) is 0 Å². The summed E-state index contributed by atoms with van der Waals surface area (Å²) in [7, 11) is 3.71. The first-order valence-corrected chi connectivity index (χ1v) is 6.50. The minimum atomic E-state index is -4.69. The van der Waals surface area contributed by atoms with E-state index in [1.807, 2.05) is 19.0 Å². The summed E-state index contributed by atoms with van der Waals surface area (Å²) in [6.45, 7) is 2.86. The van der Waals surface area contributed by atoms with Gasteiger partial charge < -0.3 is 20.1 Å². The Morgan fingerprint density at radius 2 is 1.95 bits per heavy atom. The van der Waals surface area contributed by atoms with E-state index < -0.39 is 12.0 Å². The van der Waals surface area contributed by atoms with Crippen LogP contribution < -0.4 is 10.1 Å². The summed E-state index contributed by atoms with van der Waals surface area (Å²) in [6.07, 6.45) is -4.69. The number of benzene rings is 1. The van der Waals surface area contributed by atoms with Crippen molar-refractivity contribution >= 4 is 0 Å². The maximum atomic E-state index is 12.1. The molecule has 0 fully saturated rings. The third-order valence-corrected chi connectivity index (χ3v) is 2.62.